The van der Waals surface area contributed by atoms with E-state index in [9.17, 15) is 14.0 Å². The van der Waals surface area contributed by atoms with Gasteiger partial charge in [0.25, 0.3) is 5.91 Å². The van der Waals surface area contributed by atoms with Crippen molar-refractivity contribution in [3.05, 3.63) is 65.0 Å². The van der Waals surface area contributed by atoms with E-state index in [0.717, 1.165) is 23.2 Å². The van der Waals surface area contributed by atoms with Gasteiger partial charge in [-0.25, -0.2) is 4.39 Å². The lowest BCUT2D eigenvalue weighted by Gasteiger charge is -2.32. The molecule has 0 radical (unpaired) electrons. The van der Waals surface area contributed by atoms with Crippen LogP contribution in [0.25, 0.3) is 0 Å². The van der Waals surface area contributed by atoms with Crippen LogP contribution in [0.2, 0.25) is 0 Å². The molecule has 2 aromatic carbocycles. The van der Waals surface area contributed by atoms with Crippen LogP contribution in [0.3, 0.4) is 0 Å². The zero-order valence-electron chi connectivity index (χ0n) is 16.9. The fourth-order valence-corrected chi connectivity index (χ4v) is 3.66. The number of hydrogen-bond donors (Lipinski definition) is 1. The minimum Gasteiger partial charge on any atom is -0.345 e. The number of anilines is 1. The molecule has 1 heterocycles. The monoisotopic (exact) mass is 382 g/mol. The summed E-state index contributed by atoms with van der Waals surface area (Å²) in [7, 11) is 0. The smallest absolute Gasteiger partial charge is 0.251 e. The number of nitrogens with one attached hydrogen (secondary N) is 1. The molecule has 0 aromatic heterocycles. The molecular formula is C23H27FN2O2. The van der Waals surface area contributed by atoms with E-state index < -0.39 is 0 Å². The number of benzene rings is 2. The van der Waals surface area contributed by atoms with E-state index in [1.807, 2.05) is 39.8 Å². The lowest BCUT2D eigenvalue weighted by molar-refractivity contribution is -0.118. The first kappa shape index (κ1) is 20.1. The van der Waals surface area contributed by atoms with Crippen molar-refractivity contribution >= 4 is 17.5 Å². The second-order valence-corrected chi connectivity index (χ2v) is 8.32. The molecule has 1 aliphatic rings. The Morgan fingerprint density at radius 1 is 1.14 bits per heavy atom. The summed E-state index contributed by atoms with van der Waals surface area (Å²) in [6, 6.07) is 11.5. The van der Waals surface area contributed by atoms with Crippen LogP contribution >= 0.6 is 0 Å². The maximum absolute atomic E-state index is 13.3. The first-order valence-electron chi connectivity index (χ1n) is 9.70. The van der Waals surface area contributed by atoms with E-state index in [-0.39, 0.29) is 29.1 Å². The van der Waals surface area contributed by atoms with Crippen LogP contribution in [-0.4, -0.2) is 18.4 Å². The highest BCUT2D eigenvalue weighted by atomic mass is 19.1. The molecule has 0 spiro atoms. The number of carbonyl (C=O) groups excluding carboxylic acids is 2. The molecule has 5 heteroatoms. The number of amides is 2. The molecule has 148 valence electrons. The van der Waals surface area contributed by atoms with Gasteiger partial charge in [0, 0.05) is 24.2 Å². The lowest BCUT2D eigenvalue weighted by Crippen LogP contribution is -2.36. The van der Waals surface area contributed by atoms with Gasteiger partial charge >= 0.3 is 0 Å². The predicted molar refractivity (Wildman–Crippen MR) is 109 cm³/mol. The number of carbonyl (C=O) groups is 2. The van der Waals surface area contributed by atoms with Crippen molar-refractivity contribution in [1.82, 2.24) is 5.32 Å². The molecule has 4 nitrogen and oxygen atoms in total. The molecule has 0 saturated carbocycles. The van der Waals surface area contributed by atoms with Crippen molar-refractivity contribution in [2.24, 2.45) is 5.41 Å². The number of halogens is 1. The largest absolute Gasteiger partial charge is 0.345 e. The summed E-state index contributed by atoms with van der Waals surface area (Å²) in [5, 5.41) is 3.10. The fourth-order valence-electron chi connectivity index (χ4n) is 3.66. The second kappa shape index (κ2) is 7.74. The van der Waals surface area contributed by atoms with Crippen LogP contribution in [0.1, 0.15) is 61.6 Å². The van der Waals surface area contributed by atoms with Gasteiger partial charge in [0.2, 0.25) is 5.91 Å². The average molecular weight is 382 g/mol. The van der Waals surface area contributed by atoms with Gasteiger partial charge in [0.1, 0.15) is 5.82 Å². The van der Waals surface area contributed by atoms with Crippen LogP contribution in [0.4, 0.5) is 10.1 Å². The lowest BCUT2D eigenvalue weighted by atomic mass is 9.82. The SMILES string of the molecule is CCC(=O)N1CCc2cc(C(=O)NC(c3ccc(F)cc3)C(C)(C)C)ccc21. The van der Waals surface area contributed by atoms with Crippen molar-refractivity contribution in [2.75, 3.05) is 11.4 Å². The van der Waals surface area contributed by atoms with E-state index in [1.165, 1.54) is 12.1 Å². The Bertz CT molecular complexity index is 884. The van der Waals surface area contributed by atoms with E-state index in [1.54, 1.807) is 23.1 Å². The Hall–Kier alpha value is -2.69. The fraction of sp³-hybridized carbons (Fsp3) is 0.391. The van der Waals surface area contributed by atoms with Gasteiger partial charge < -0.3 is 10.2 Å². The molecule has 1 unspecified atom stereocenters. The van der Waals surface area contributed by atoms with Crippen molar-refractivity contribution in [1.29, 1.82) is 0 Å². The van der Waals surface area contributed by atoms with Crippen molar-refractivity contribution in [3.8, 4) is 0 Å². The molecule has 0 bridgehead atoms. The Kier molecular flexibility index (Phi) is 5.54. The number of rotatable bonds is 4. The topological polar surface area (TPSA) is 49.4 Å². The minimum absolute atomic E-state index is 0.0973. The van der Waals surface area contributed by atoms with Crippen molar-refractivity contribution in [3.63, 3.8) is 0 Å². The predicted octanol–water partition coefficient (Wildman–Crippen LogP) is 4.64. The van der Waals surface area contributed by atoms with E-state index in [0.29, 0.717) is 18.5 Å². The number of hydrogen-bond acceptors (Lipinski definition) is 2. The maximum atomic E-state index is 13.3. The molecule has 2 aromatic rings. The molecule has 1 atom stereocenters. The highest BCUT2D eigenvalue weighted by Gasteiger charge is 2.29. The molecular weight excluding hydrogens is 355 g/mol. The van der Waals surface area contributed by atoms with Gasteiger partial charge in [-0.2, -0.15) is 0 Å². The van der Waals surface area contributed by atoms with E-state index in [2.05, 4.69) is 5.32 Å². The molecule has 0 fully saturated rings. The summed E-state index contributed by atoms with van der Waals surface area (Å²) in [6.45, 7) is 8.63. The third-order valence-electron chi connectivity index (χ3n) is 5.19. The summed E-state index contributed by atoms with van der Waals surface area (Å²) < 4.78 is 13.3. The van der Waals surface area contributed by atoms with Gasteiger partial charge in [-0.1, -0.05) is 39.8 Å². The third-order valence-corrected chi connectivity index (χ3v) is 5.19. The van der Waals surface area contributed by atoms with Crippen LogP contribution < -0.4 is 10.2 Å². The van der Waals surface area contributed by atoms with Crippen molar-refractivity contribution < 1.29 is 14.0 Å². The van der Waals surface area contributed by atoms with Gasteiger partial charge in [-0.05, 0) is 53.3 Å². The minimum atomic E-state index is -0.299. The normalized spacial score (nSPS) is 14.5. The standard InChI is InChI=1S/C23H27FN2O2/c1-5-20(27)26-13-12-16-14-17(8-11-19(16)26)22(28)25-21(23(2,3)4)15-6-9-18(24)10-7-15/h6-11,14,21H,5,12-13H2,1-4H3,(H,25,28). The van der Waals surface area contributed by atoms with Crippen LogP contribution in [0.5, 0.6) is 0 Å². The summed E-state index contributed by atoms with van der Waals surface area (Å²) >= 11 is 0. The molecule has 2 amide bonds. The van der Waals surface area contributed by atoms with Crippen LogP contribution in [0, 0.1) is 11.2 Å². The number of fused-ring (bicyclic) bond motifs is 1. The summed E-state index contributed by atoms with van der Waals surface area (Å²) in [5.74, 6) is -0.375. The Morgan fingerprint density at radius 3 is 2.43 bits per heavy atom. The van der Waals surface area contributed by atoms with E-state index >= 15 is 0 Å². The molecule has 1 N–H and O–H groups in total. The first-order chi connectivity index (χ1) is 13.2. The molecule has 1 aliphatic heterocycles. The Morgan fingerprint density at radius 2 is 1.82 bits per heavy atom. The van der Waals surface area contributed by atoms with Gasteiger partial charge in [-0.15, -0.1) is 0 Å². The van der Waals surface area contributed by atoms with Crippen molar-refractivity contribution in [2.45, 2.75) is 46.6 Å². The molecule has 0 saturated heterocycles. The van der Waals surface area contributed by atoms with Gasteiger partial charge in [0.15, 0.2) is 0 Å². The highest BCUT2D eigenvalue weighted by molar-refractivity contribution is 5.98. The Balaban J connectivity index is 1.83. The van der Waals surface area contributed by atoms with E-state index in [4.69, 9.17) is 0 Å². The van der Waals surface area contributed by atoms with Crippen LogP contribution in [0.15, 0.2) is 42.5 Å². The zero-order chi connectivity index (χ0) is 20.5. The van der Waals surface area contributed by atoms with Gasteiger partial charge in [0.05, 0.1) is 6.04 Å². The maximum Gasteiger partial charge on any atom is 0.251 e. The second-order valence-electron chi connectivity index (χ2n) is 8.32. The molecule has 28 heavy (non-hydrogen) atoms. The Labute approximate surface area is 165 Å². The summed E-state index contributed by atoms with van der Waals surface area (Å²) in [5.41, 5.74) is 3.11. The molecule has 3 rings (SSSR count). The first-order valence-corrected chi connectivity index (χ1v) is 9.70. The quantitative estimate of drug-likeness (QED) is 0.837. The average Bonchev–Trinajstić information content (AvgIpc) is 3.08. The third kappa shape index (κ3) is 4.08. The highest BCUT2D eigenvalue weighted by Crippen LogP contribution is 2.34. The van der Waals surface area contributed by atoms with Crippen LogP contribution in [-0.2, 0) is 11.2 Å². The number of nitrogens with zero attached hydrogens (tertiary/aromatic N) is 1. The van der Waals surface area contributed by atoms with Gasteiger partial charge in [-0.3, -0.25) is 9.59 Å². The summed E-state index contributed by atoms with van der Waals surface area (Å²) in [6.07, 6.45) is 1.22. The molecule has 0 aliphatic carbocycles. The zero-order valence-corrected chi connectivity index (χ0v) is 16.9. The summed E-state index contributed by atoms with van der Waals surface area (Å²) in [4.78, 5) is 26.8.